The summed E-state index contributed by atoms with van der Waals surface area (Å²) in [6.45, 7) is 10.3. The Bertz CT molecular complexity index is 2410. The number of nitrogens with zero attached hydrogens (tertiary/aromatic N) is 4. The number of anilines is 2. The number of methoxy groups -OCH3 is 1. The molecule has 2 unspecified atom stereocenters. The molecule has 1 aliphatic heterocycles. The number of ether oxygens (including phenoxy) is 2. The third kappa shape index (κ3) is 7.54. The van der Waals surface area contributed by atoms with E-state index in [2.05, 4.69) is 21.7 Å². The molecule has 4 heterocycles. The molecular weight excluding hydrogens is 742 g/mol. The van der Waals surface area contributed by atoms with Gasteiger partial charge in [-0.15, -0.1) is 0 Å². The summed E-state index contributed by atoms with van der Waals surface area (Å²) in [5.74, 6) is 1.98. The number of alkyl halides is 2. The molecule has 296 valence electrons. The summed E-state index contributed by atoms with van der Waals surface area (Å²) >= 11 is 7.04. The van der Waals surface area contributed by atoms with Crippen LogP contribution in [0.1, 0.15) is 56.0 Å². The highest BCUT2D eigenvalue weighted by molar-refractivity contribution is 6.36. The van der Waals surface area contributed by atoms with E-state index in [1.165, 1.54) is 19.7 Å². The standard InChI is InChI=1S/C32H28ClF2N5O3.C8H13NO2.C2H6/c1-16-18(20-11-6-12-21(27(20)33)23-14-17-8-5-10-19(17)30(38-23)43-4)9-7-13-22(16)36-29-26-25(15-24(37-29)28(34)35)39(2)32(42)40(3)31(26)41;1-2-11-8(10)7-5-3-9-4-6(5)7;1-2/h6-7,9,11-15,28H,5,8,10H2,1-4H3,(H,36,37);5-7,9H,2-4H2,1H3;1-2H3. The van der Waals surface area contributed by atoms with Gasteiger partial charge in [-0.3, -0.25) is 18.7 Å². The summed E-state index contributed by atoms with van der Waals surface area (Å²) in [5.41, 5.74) is 4.88. The lowest BCUT2D eigenvalue weighted by molar-refractivity contribution is -0.145. The van der Waals surface area contributed by atoms with Crippen LogP contribution < -0.4 is 26.6 Å². The quantitative estimate of drug-likeness (QED) is 0.153. The minimum atomic E-state index is -2.91. The van der Waals surface area contributed by atoms with Crippen LogP contribution in [0.4, 0.5) is 20.3 Å². The van der Waals surface area contributed by atoms with Crippen molar-refractivity contribution in [2.24, 2.45) is 31.8 Å². The van der Waals surface area contributed by atoms with Crippen molar-refractivity contribution in [1.82, 2.24) is 24.4 Å². The van der Waals surface area contributed by atoms with Gasteiger partial charge in [0.2, 0.25) is 5.88 Å². The van der Waals surface area contributed by atoms with Gasteiger partial charge in [0, 0.05) is 36.5 Å². The zero-order valence-electron chi connectivity index (χ0n) is 32.6. The molecule has 1 saturated heterocycles. The summed E-state index contributed by atoms with van der Waals surface area (Å²) in [7, 11) is 4.38. The van der Waals surface area contributed by atoms with Gasteiger partial charge in [-0.05, 0) is 92.9 Å². The number of esters is 1. The van der Waals surface area contributed by atoms with E-state index in [4.69, 9.17) is 26.1 Å². The fraction of sp³-hybridized carbons (Fsp3) is 0.405. The molecule has 2 aliphatic carbocycles. The zero-order valence-corrected chi connectivity index (χ0v) is 33.4. The number of benzene rings is 2. The molecule has 56 heavy (non-hydrogen) atoms. The number of fused-ring (bicyclic) bond motifs is 3. The predicted octanol–water partition coefficient (Wildman–Crippen LogP) is 7.54. The first-order valence-corrected chi connectivity index (χ1v) is 19.3. The first-order valence-electron chi connectivity index (χ1n) is 18.9. The van der Waals surface area contributed by atoms with Crippen molar-refractivity contribution < 1.29 is 23.0 Å². The summed E-state index contributed by atoms with van der Waals surface area (Å²) in [5, 5.41) is 6.87. The second kappa shape index (κ2) is 16.9. The monoisotopic (exact) mass is 788 g/mol. The number of carbonyl (C=O) groups excluding carboxylic acids is 1. The molecule has 1 saturated carbocycles. The molecular formula is C42H47ClF2N6O5. The molecule has 0 amide bonds. The van der Waals surface area contributed by atoms with Crippen LogP contribution in [0, 0.1) is 24.7 Å². The van der Waals surface area contributed by atoms with Gasteiger partial charge in [-0.25, -0.2) is 23.5 Å². The molecule has 5 aromatic rings. The maximum absolute atomic E-state index is 13.8. The molecule has 3 aromatic heterocycles. The van der Waals surface area contributed by atoms with Crippen molar-refractivity contribution in [3.8, 4) is 28.3 Å². The largest absolute Gasteiger partial charge is 0.481 e. The molecule has 2 fully saturated rings. The van der Waals surface area contributed by atoms with E-state index in [0.717, 1.165) is 81.1 Å². The second-order valence-corrected chi connectivity index (χ2v) is 14.2. The minimum Gasteiger partial charge on any atom is -0.481 e. The SMILES string of the molecule is CC.CCOC(=O)C1C2CNCC21.COc1nc(-c2cccc(-c3cccc(Nc4nc(C(F)F)cc5c4c(=O)n(C)c(=O)n5C)c3C)c2Cl)cc2c1CCC2. The van der Waals surface area contributed by atoms with Gasteiger partial charge in [0.05, 0.1) is 35.9 Å². The molecule has 11 nitrogen and oxygen atoms in total. The van der Waals surface area contributed by atoms with Gasteiger partial charge in [0.25, 0.3) is 12.0 Å². The van der Waals surface area contributed by atoms with E-state index in [1.807, 2.05) is 52.0 Å². The fourth-order valence-electron chi connectivity index (χ4n) is 7.80. The van der Waals surface area contributed by atoms with Crippen LogP contribution in [0.3, 0.4) is 0 Å². The lowest BCUT2D eigenvalue weighted by Gasteiger charge is -2.18. The molecule has 8 rings (SSSR count). The summed E-state index contributed by atoms with van der Waals surface area (Å²) in [6.07, 6.45) is 0.0317. The van der Waals surface area contributed by atoms with Crippen LogP contribution in [0.2, 0.25) is 5.02 Å². The summed E-state index contributed by atoms with van der Waals surface area (Å²) in [4.78, 5) is 45.7. The average molecular weight is 789 g/mol. The molecule has 2 atom stereocenters. The van der Waals surface area contributed by atoms with Crippen LogP contribution in [0.5, 0.6) is 5.88 Å². The highest BCUT2D eigenvalue weighted by Gasteiger charge is 2.57. The van der Waals surface area contributed by atoms with Crippen molar-refractivity contribution in [3.63, 3.8) is 0 Å². The third-order valence-electron chi connectivity index (χ3n) is 10.7. The molecule has 0 bridgehead atoms. The summed E-state index contributed by atoms with van der Waals surface area (Å²) in [6, 6.07) is 14.3. The van der Waals surface area contributed by atoms with Crippen molar-refractivity contribution in [2.75, 3.05) is 32.1 Å². The Balaban J connectivity index is 0.000000347. The Morgan fingerprint density at radius 2 is 1.68 bits per heavy atom. The average Bonchev–Trinajstić information content (AvgIpc) is 3.47. The molecule has 2 N–H and O–H groups in total. The number of aromatic nitrogens is 4. The van der Waals surface area contributed by atoms with E-state index in [-0.39, 0.29) is 28.6 Å². The Hall–Kier alpha value is -5.14. The van der Waals surface area contributed by atoms with Crippen LogP contribution in [-0.4, -0.2) is 51.9 Å². The van der Waals surface area contributed by atoms with Crippen molar-refractivity contribution in [1.29, 1.82) is 0 Å². The van der Waals surface area contributed by atoms with Crippen molar-refractivity contribution >= 4 is 40.0 Å². The zero-order chi connectivity index (χ0) is 40.4. The summed E-state index contributed by atoms with van der Waals surface area (Å²) < 4.78 is 40.3. The lowest BCUT2D eigenvalue weighted by atomic mass is 9.96. The van der Waals surface area contributed by atoms with E-state index in [0.29, 0.717) is 35.0 Å². The van der Waals surface area contributed by atoms with Gasteiger partial charge in [0.15, 0.2) is 0 Å². The fourth-order valence-corrected chi connectivity index (χ4v) is 8.12. The van der Waals surface area contributed by atoms with E-state index in [9.17, 15) is 23.2 Å². The third-order valence-corrected chi connectivity index (χ3v) is 11.2. The van der Waals surface area contributed by atoms with Crippen LogP contribution in [0.15, 0.2) is 58.1 Å². The normalized spacial score (nSPS) is 17.7. The number of nitrogens with one attached hydrogen (secondary N) is 2. The minimum absolute atomic E-state index is 0.0176. The predicted molar refractivity (Wildman–Crippen MR) is 215 cm³/mol. The van der Waals surface area contributed by atoms with E-state index < -0.39 is 23.4 Å². The van der Waals surface area contributed by atoms with Crippen LogP contribution in [-0.2, 0) is 36.5 Å². The van der Waals surface area contributed by atoms with Crippen LogP contribution >= 0.6 is 11.6 Å². The smallest absolute Gasteiger partial charge is 0.330 e. The van der Waals surface area contributed by atoms with Gasteiger partial charge < -0.3 is 20.1 Å². The number of aryl methyl sites for hydroxylation is 2. The number of rotatable bonds is 8. The highest BCUT2D eigenvalue weighted by atomic mass is 35.5. The number of halogens is 3. The molecule has 0 radical (unpaired) electrons. The van der Waals surface area contributed by atoms with Gasteiger partial charge in [-0.1, -0.05) is 55.8 Å². The van der Waals surface area contributed by atoms with Gasteiger partial charge in [0.1, 0.15) is 16.9 Å². The topological polar surface area (TPSA) is 129 Å². The molecule has 2 aromatic carbocycles. The number of piperidine rings is 1. The lowest BCUT2D eigenvalue weighted by Crippen LogP contribution is -2.37. The highest BCUT2D eigenvalue weighted by Crippen LogP contribution is 2.49. The Kier molecular flexibility index (Phi) is 12.2. The van der Waals surface area contributed by atoms with Gasteiger partial charge in [-0.2, -0.15) is 0 Å². The number of hydrogen-bond acceptors (Lipinski definition) is 9. The maximum Gasteiger partial charge on any atom is 0.330 e. The Morgan fingerprint density at radius 1 is 1.00 bits per heavy atom. The number of hydrogen-bond donors (Lipinski definition) is 2. The first-order chi connectivity index (χ1) is 26.9. The Morgan fingerprint density at radius 3 is 2.36 bits per heavy atom. The molecule has 0 spiro atoms. The number of carbonyl (C=O) groups is 1. The Labute approximate surface area is 329 Å². The van der Waals surface area contributed by atoms with Crippen molar-refractivity contribution in [3.05, 3.63) is 96.8 Å². The molecule has 3 aliphatic rings. The van der Waals surface area contributed by atoms with Crippen LogP contribution in [0.25, 0.3) is 33.3 Å². The maximum atomic E-state index is 13.8. The van der Waals surface area contributed by atoms with Crippen molar-refractivity contribution in [2.45, 2.75) is 53.4 Å². The van der Waals surface area contributed by atoms with E-state index >= 15 is 0 Å². The van der Waals surface area contributed by atoms with E-state index in [1.54, 1.807) is 19.2 Å². The van der Waals surface area contributed by atoms with Gasteiger partial charge >= 0.3 is 11.7 Å². The second-order valence-electron chi connectivity index (χ2n) is 13.8. The molecule has 14 heteroatoms. The number of pyridine rings is 2. The first kappa shape index (κ1) is 40.5.